The summed E-state index contributed by atoms with van der Waals surface area (Å²) in [4.78, 5) is 6.67. The molecule has 1 aliphatic rings. The first-order valence-corrected chi connectivity index (χ1v) is 9.18. The van der Waals surface area contributed by atoms with Crippen LogP contribution < -0.4 is 0 Å². The average molecular weight is 387 g/mol. The number of aromatic nitrogens is 2. The van der Waals surface area contributed by atoms with Gasteiger partial charge in [0.25, 0.3) is 0 Å². The highest BCUT2D eigenvalue weighted by Gasteiger charge is 2.32. The molecule has 4 rings (SSSR count). The van der Waals surface area contributed by atoms with Crippen LogP contribution in [0.15, 0.2) is 53.1 Å². The maximum atomic E-state index is 12.7. The number of hydrogen-bond donors (Lipinski definition) is 0. The number of aryl methyl sites for hydroxylation is 1. The van der Waals surface area contributed by atoms with Crippen LogP contribution in [0.4, 0.5) is 13.2 Å². The molecule has 0 spiro atoms. The molecule has 1 aromatic heterocycles. The summed E-state index contributed by atoms with van der Waals surface area (Å²) in [5, 5.41) is 4.07. The van der Waals surface area contributed by atoms with E-state index in [-0.39, 0.29) is 0 Å². The molecule has 1 saturated carbocycles. The van der Waals surface area contributed by atoms with Gasteiger partial charge in [-0.3, -0.25) is 4.90 Å². The van der Waals surface area contributed by atoms with Gasteiger partial charge >= 0.3 is 6.18 Å². The standard InChI is InChI=1S/C21H20F3N3O/c1-14-3-2-4-16(11-14)20-25-19(28-26-20)13-27(18-9-10-18)12-15-5-7-17(8-6-15)21(22,23)24/h2-8,11,18H,9-10,12-13H2,1H3. The summed E-state index contributed by atoms with van der Waals surface area (Å²) in [6.07, 6.45) is -2.18. The number of rotatable bonds is 6. The number of alkyl halides is 3. The molecule has 4 nitrogen and oxygen atoms in total. The Morgan fingerprint density at radius 3 is 2.46 bits per heavy atom. The van der Waals surface area contributed by atoms with E-state index in [1.807, 2.05) is 31.2 Å². The Labute approximate surface area is 161 Å². The zero-order chi connectivity index (χ0) is 19.7. The monoisotopic (exact) mass is 387 g/mol. The quantitative estimate of drug-likeness (QED) is 0.581. The molecule has 0 bridgehead atoms. The van der Waals surface area contributed by atoms with Crippen molar-refractivity contribution >= 4 is 0 Å². The fourth-order valence-electron chi connectivity index (χ4n) is 3.18. The fourth-order valence-corrected chi connectivity index (χ4v) is 3.18. The molecule has 146 valence electrons. The largest absolute Gasteiger partial charge is 0.416 e. The Kier molecular flexibility index (Phi) is 4.93. The molecule has 3 aromatic rings. The molecule has 0 radical (unpaired) electrons. The Balaban J connectivity index is 1.46. The van der Waals surface area contributed by atoms with Crippen LogP contribution in [0.1, 0.15) is 35.4 Å². The highest BCUT2D eigenvalue weighted by atomic mass is 19.4. The van der Waals surface area contributed by atoms with E-state index in [1.54, 1.807) is 0 Å². The molecule has 7 heteroatoms. The van der Waals surface area contributed by atoms with Gasteiger partial charge in [-0.05, 0) is 43.5 Å². The van der Waals surface area contributed by atoms with Crippen LogP contribution in [0.25, 0.3) is 11.4 Å². The highest BCUT2D eigenvalue weighted by Crippen LogP contribution is 2.32. The molecule has 0 saturated heterocycles. The van der Waals surface area contributed by atoms with Crippen molar-refractivity contribution in [1.82, 2.24) is 15.0 Å². The number of nitrogens with zero attached hydrogens (tertiary/aromatic N) is 3. The first kappa shape index (κ1) is 18.7. The third-order valence-corrected chi connectivity index (χ3v) is 4.81. The van der Waals surface area contributed by atoms with Crippen LogP contribution >= 0.6 is 0 Å². The Bertz CT molecular complexity index is 946. The number of hydrogen-bond acceptors (Lipinski definition) is 4. The van der Waals surface area contributed by atoms with E-state index in [2.05, 4.69) is 15.0 Å². The number of halogens is 3. The van der Waals surface area contributed by atoms with E-state index in [0.717, 1.165) is 41.7 Å². The summed E-state index contributed by atoms with van der Waals surface area (Å²) >= 11 is 0. The van der Waals surface area contributed by atoms with Crippen LogP contribution in [-0.2, 0) is 19.3 Å². The van der Waals surface area contributed by atoms with E-state index >= 15 is 0 Å². The molecule has 2 aromatic carbocycles. The summed E-state index contributed by atoms with van der Waals surface area (Å²) in [6.45, 7) is 3.03. The van der Waals surface area contributed by atoms with Crippen molar-refractivity contribution in [1.29, 1.82) is 0 Å². The van der Waals surface area contributed by atoms with E-state index in [0.29, 0.717) is 30.8 Å². The average Bonchev–Trinajstić information content (AvgIpc) is 3.40. The van der Waals surface area contributed by atoms with Gasteiger partial charge in [-0.2, -0.15) is 18.2 Å². The molecule has 28 heavy (non-hydrogen) atoms. The van der Waals surface area contributed by atoms with Crippen LogP contribution in [-0.4, -0.2) is 21.1 Å². The van der Waals surface area contributed by atoms with Crippen molar-refractivity contribution < 1.29 is 17.7 Å². The topological polar surface area (TPSA) is 42.2 Å². The molecule has 1 aliphatic carbocycles. The van der Waals surface area contributed by atoms with Gasteiger partial charge in [0, 0.05) is 18.2 Å². The summed E-state index contributed by atoms with van der Waals surface area (Å²) in [7, 11) is 0. The minimum absolute atomic E-state index is 0.400. The Morgan fingerprint density at radius 1 is 1.07 bits per heavy atom. The molecule has 0 unspecified atom stereocenters. The van der Waals surface area contributed by atoms with Crippen molar-refractivity contribution in [3.05, 3.63) is 71.1 Å². The normalized spacial score (nSPS) is 14.6. The van der Waals surface area contributed by atoms with Gasteiger partial charge < -0.3 is 4.52 Å². The molecule has 0 atom stereocenters. The van der Waals surface area contributed by atoms with Gasteiger partial charge in [0.05, 0.1) is 12.1 Å². The first-order valence-electron chi connectivity index (χ1n) is 9.18. The molecular weight excluding hydrogens is 367 g/mol. The number of benzene rings is 2. The van der Waals surface area contributed by atoms with Crippen LogP contribution in [0.3, 0.4) is 0 Å². The molecule has 1 fully saturated rings. The second-order valence-electron chi connectivity index (χ2n) is 7.21. The smallest absolute Gasteiger partial charge is 0.338 e. The Morgan fingerprint density at radius 2 is 1.82 bits per heavy atom. The van der Waals surface area contributed by atoms with Crippen molar-refractivity contribution in [2.75, 3.05) is 0 Å². The van der Waals surface area contributed by atoms with Crippen molar-refractivity contribution in [2.24, 2.45) is 0 Å². The fraction of sp³-hybridized carbons (Fsp3) is 0.333. The second kappa shape index (κ2) is 7.39. The van der Waals surface area contributed by atoms with E-state index in [9.17, 15) is 13.2 Å². The Hall–Kier alpha value is -2.67. The van der Waals surface area contributed by atoms with E-state index in [1.165, 1.54) is 12.1 Å². The minimum Gasteiger partial charge on any atom is -0.338 e. The van der Waals surface area contributed by atoms with Crippen LogP contribution in [0.2, 0.25) is 0 Å². The summed E-state index contributed by atoms with van der Waals surface area (Å²) in [5.41, 5.74) is 2.22. The third kappa shape index (κ3) is 4.42. The van der Waals surface area contributed by atoms with Gasteiger partial charge in [0.1, 0.15) is 0 Å². The lowest BCUT2D eigenvalue weighted by Gasteiger charge is -2.20. The first-order chi connectivity index (χ1) is 13.4. The molecule has 0 N–H and O–H groups in total. The molecule has 1 heterocycles. The van der Waals surface area contributed by atoms with Crippen molar-refractivity contribution in [2.45, 2.75) is 45.1 Å². The van der Waals surface area contributed by atoms with Crippen molar-refractivity contribution in [3.8, 4) is 11.4 Å². The van der Waals surface area contributed by atoms with Crippen molar-refractivity contribution in [3.63, 3.8) is 0 Å². The third-order valence-electron chi connectivity index (χ3n) is 4.81. The summed E-state index contributed by atoms with van der Waals surface area (Å²) in [5.74, 6) is 1.05. The lowest BCUT2D eigenvalue weighted by molar-refractivity contribution is -0.137. The maximum Gasteiger partial charge on any atom is 0.416 e. The molecule has 0 aliphatic heterocycles. The zero-order valence-corrected chi connectivity index (χ0v) is 15.4. The molecular formula is C21H20F3N3O. The summed E-state index contributed by atoms with van der Waals surface area (Å²) < 4.78 is 43.6. The van der Waals surface area contributed by atoms with Gasteiger partial charge in [-0.1, -0.05) is 41.1 Å². The zero-order valence-electron chi connectivity index (χ0n) is 15.4. The summed E-state index contributed by atoms with van der Waals surface area (Å²) in [6, 6.07) is 13.6. The van der Waals surface area contributed by atoms with Gasteiger partial charge in [0.2, 0.25) is 11.7 Å². The van der Waals surface area contributed by atoms with Crippen LogP contribution in [0.5, 0.6) is 0 Å². The lowest BCUT2D eigenvalue weighted by atomic mass is 10.1. The predicted octanol–water partition coefficient (Wildman–Crippen LogP) is 5.23. The second-order valence-corrected chi connectivity index (χ2v) is 7.21. The van der Waals surface area contributed by atoms with Gasteiger partial charge in [-0.25, -0.2) is 0 Å². The highest BCUT2D eigenvalue weighted by molar-refractivity contribution is 5.55. The van der Waals surface area contributed by atoms with Gasteiger partial charge in [-0.15, -0.1) is 0 Å². The SMILES string of the molecule is Cc1cccc(-c2noc(CN(Cc3ccc(C(F)(F)F)cc3)C3CC3)n2)c1. The molecule has 0 amide bonds. The van der Waals surface area contributed by atoms with E-state index in [4.69, 9.17) is 4.52 Å². The van der Waals surface area contributed by atoms with Gasteiger partial charge in [0.15, 0.2) is 0 Å². The maximum absolute atomic E-state index is 12.7. The van der Waals surface area contributed by atoms with Crippen LogP contribution in [0, 0.1) is 6.92 Å². The minimum atomic E-state index is -4.31. The predicted molar refractivity (Wildman–Crippen MR) is 98.2 cm³/mol. The van der Waals surface area contributed by atoms with E-state index < -0.39 is 11.7 Å². The lowest BCUT2D eigenvalue weighted by Crippen LogP contribution is -2.25.